The maximum atomic E-state index is 13.1. The third-order valence-electron chi connectivity index (χ3n) is 6.07. The third-order valence-corrected chi connectivity index (χ3v) is 6.07. The molecule has 0 aliphatic carbocycles. The maximum Gasteiger partial charge on any atom is 0.410 e. The number of aromatic nitrogens is 1. The Labute approximate surface area is 165 Å². The van der Waals surface area contributed by atoms with Gasteiger partial charge in [-0.05, 0) is 56.2 Å². The Balaban J connectivity index is 1.44. The predicted molar refractivity (Wildman–Crippen MR) is 106 cm³/mol. The molecule has 1 aromatic carbocycles. The van der Waals surface area contributed by atoms with Crippen molar-refractivity contribution in [2.24, 2.45) is 5.92 Å². The predicted octanol–water partition coefficient (Wildman–Crippen LogP) is 4.54. The summed E-state index contributed by atoms with van der Waals surface area (Å²) in [5.41, 5.74) is 2.67. The highest BCUT2D eigenvalue weighted by molar-refractivity contribution is 5.99. The molecule has 0 spiro atoms. The minimum atomic E-state index is -0.248. The second-order valence-corrected chi connectivity index (χ2v) is 7.91. The first-order chi connectivity index (χ1) is 13.6. The van der Waals surface area contributed by atoms with Gasteiger partial charge in [-0.2, -0.15) is 0 Å². The number of carbonyl (C=O) groups is 2. The van der Waals surface area contributed by atoms with Crippen LogP contribution in [0, 0.1) is 12.8 Å². The van der Waals surface area contributed by atoms with Gasteiger partial charge in [-0.25, -0.2) is 4.79 Å². The highest BCUT2D eigenvalue weighted by atomic mass is 16.6. The molecule has 0 N–H and O–H groups in total. The number of hydrogen-bond acceptors (Lipinski definition) is 4. The number of nitrogens with zero attached hydrogens (tertiary/aromatic N) is 2. The van der Waals surface area contributed by atoms with Crippen LogP contribution in [0.3, 0.4) is 0 Å². The summed E-state index contributed by atoms with van der Waals surface area (Å²) in [5, 5.41) is 0. The zero-order chi connectivity index (χ0) is 19.5. The van der Waals surface area contributed by atoms with Gasteiger partial charge in [0, 0.05) is 36.0 Å². The molecule has 1 amide bonds. The highest BCUT2D eigenvalue weighted by Crippen LogP contribution is 2.39. The lowest BCUT2D eigenvalue weighted by Crippen LogP contribution is -2.55. The Kier molecular flexibility index (Phi) is 5.42. The molecule has 2 atom stereocenters. The van der Waals surface area contributed by atoms with Crippen LogP contribution in [-0.4, -0.2) is 33.8 Å². The molecule has 2 bridgehead atoms. The molecule has 0 radical (unpaired) electrons. The Morgan fingerprint density at radius 1 is 1.11 bits per heavy atom. The van der Waals surface area contributed by atoms with Gasteiger partial charge in [-0.15, -0.1) is 0 Å². The van der Waals surface area contributed by atoms with Crippen LogP contribution in [0.5, 0.6) is 0 Å². The second-order valence-electron chi connectivity index (χ2n) is 7.91. The fourth-order valence-electron chi connectivity index (χ4n) is 4.63. The van der Waals surface area contributed by atoms with Crippen LogP contribution in [0.1, 0.15) is 53.6 Å². The Bertz CT molecular complexity index is 838. The van der Waals surface area contributed by atoms with E-state index in [1.54, 1.807) is 12.4 Å². The molecule has 1 aromatic heterocycles. The number of pyridine rings is 1. The molecule has 2 unspecified atom stereocenters. The summed E-state index contributed by atoms with van der Waals surface area (Å²) in [6.07, 6.45) is 7.54. The summed E-state index contributed by atoms with van der Waals surface area (Å²) in [6.45, 7) is 2.23. The van der Waals surface area contributed by atoms with Crippen LogP contribution in [0.2, 0.25) is 0 Å². The molecule has 2 aliphatic heterocycles. The van der Waals surface area contributed by atoms with Crippen molar-refractivity contribution >= 4 is 11.9 Å². The summed E-state index contributed by atoms with van der Waals surface area (Å²) < 4.78 is 5.60. The SMILES string of the molecule is Cc1ccncc1C(=O)C1CC2CCCC(C1)N2C(=O)OCc1ccccc1. The molecule has 0 saturated carbocycles. The number of aryl methyl sites for hydroxylation is 1. The van der Waals surface area contributed by atoms with Crippen molar-refractivity contribution in [1.29, 1.82) is 0 Å². The normalized spacial score (nSPS) is 23.9. The molecule has 146 valence electrons. The Hall–Kier alpha value is -2.69. The van der Waals surface area contributed by atoms with Gasteiger partial charge in [0.05, 0.1) is 0 Å². The topological polar surface area (TPSA) is 59.5 Å². The second kappa shape index (κ2) is 8.13. The van der Waals surface area contributed by atoms with Gasteiger partial charge in [0.15, 0.2) is 5.78 Å². The van der Waals surface area contributed by atoms with Crippen LogP contribution in [0.4, 0.5) is 4.79 Å². The fraction of sp³-hybridized carbons (Fsp3) is 0.435. The summed E-state index contributed by atoms with van der Waals surface area (Å²) in [4.78, 5) is 31.9. The van der Waals surface area contributed by atoms with E-state index in [9.17, 15) is 9.59 Å². The molecule has 2 aromatic rings. The average molecular weight is 378 g/mol. The van der Waals surface area contributed by atoms with Gasteiger partial charge in [0.1, 0.15) is 6.61 Å². The molecule has 3 heterocycles. The van der Waals surface area contributed by atoms with Crippen LogP contribution < -0.4 is 0 Å². The van der Waals surface area contributed by atoms with Crippen molar-refractivity contribution in [3.05, 3.63) is 65.5 Å². The van der Waals surface area contributed by atoms with E-state index in [2.05, 4.69) is 4.98 Å². The monoisotopic (exact) mass is 378 g/mol. The summed E-state index contributed by atoms with van der Waals surface area (Å²) in [6, 6.07) is 11.8. The minimum Gasteiger partial charge on any atom is -0.445 e. The van der Waals surface area contributed by atoms with Gasteiger partial charge in [-0.3, -0.25) is 9.78 Å². The number of fused-ring (bicyclic) bond motifs is 2. The lowest BCUT2D eigenvalue weighted by atomic mass is 9.75. The molecule has 5 nitrogen and oxygen atoms in total. The van der Waals surface area contributed by atoms with Crippen LogP contribution >= 0.6 is 0 Å². The van der Waals surface area contributed by atoms with E-state index >= 15 is 0 Å². The van der Waals surface area contributed by atoms with Crippen molar-refractivity contribution in [3.8, 4) is 0 Å². The van der Waals surface area contributed by atoms with Gasteiger partial charge in [0.2, 0.25) is 0 Å². The highest BCUT2D eigenvalue weighted by Gasteiger charge is 2.43. The van der Waals surface area contributed by atoms with Gasteiger partial charge >= 0.3 is 6.09 Å². The van der Waals surface area contributed by atoms with E-state index in [4.69, 9.17) is 4.74 Å². The number of carbonyl (C=O) groups excluding carboxylic acids is 2. The Morgan fingerprint density at radius 2 is 1.82 bits per heavy atom. The number of hydrogen-bond donors (Lipinski definition) is 0. The van der Waals surface area contributed by atoms with E-state index in [1.165, 1.54) is 0 Å². The summed E-state index contributed by atoms with van der Waals surface area (Å²) >= 11 is 0. The quantitative estimate of drug-likeness (QED) is 0.733. The lowest BCUT2D eigenvalue weighted by molar-refractivity contribution is 0.00470. The van der Waals surface area contributed by atoms with Gasteiger partial charge in [-0.1, -0.05) is 30.3 Å². The number of ketones is 1. The van der Waals surface area contributed by atoms with E-state index in [0.29, 0.717) is 18.4 Å². The maximum absolute atomic E-state index is 13.1. The number of Topliss-reactive ketones (excluding diaryl/α,β-unsaturated/α-hetero) is 1. The van der Waals surface area contributed by atoms with Crippen LogP contribution in [0.25, 0.3) is 0 Å². The summed E-state index contributed by atoms with van der Waals surface area (Å²) in [7, 11) is 0. The first-order valence-electron chi connectivity index (χ1n) is 10.1. The number of rotatable bonds is 4. The molecule has 2 aliphatic rings. The average Bonchev–Trinajstić information content (AvgIpc) is 2.71. The van der Waals surface area contributed by atoms with E-state index < -0.39 is 0 Å². The minimum absolute atomic E-state index is 0.0450. The molecule has 2 saturated heterocycles. The van der Waals surface area contributed by atoms with Crippen molar-refractivity contribution in [1.82, 2.24) is 9.88 Å². The van der Waals surface area contributed by atoms with Crippen LogP contribution in [0.15, 0.2) is 48.8 Å². The number of amides is 1. The van der Waals surface area contributed by atoms with Crippen LogP contribution in [-0.2, 0) is 11.3 Å². The zero-order valence-corrected chi connectivity index (χ0v) is 16.2. The van der Waals surface area contributed by atoms with E-state index in [0.717, 1.165) is 30.4 Å². The summed E-state index contributed by atoms with van der Waals surface area (Å²) in [5.74, 6) is 0.121. The molecular formula is C23H26N2O3. The number of piperidine rings is 2. The van der Waals surface area contributed by atoms with E-state index in [-0.39, 0.29) is 36.5 Å². The third kappa shape index (κ3) is 3.79. The van der Waals surface area contributed by atoms with Crippen molar-refractivity contribution in [2.75, 3.05) is 0 Å². The van der Waals surface area contributed by atoms with Crippen molar-refractivity contribution in [3.63, 3.8) is 0 Å². The number of benzene rings is 1. The lowest BCUT2D eigenvalue weighted by Gasteiger charge is -2.47. The zero-order valence-electron chi connectivity index (χ0n) is 16.2. The number of ether oxygens (including phenoxy) is 1. The molecule has 5 heteroatoms. The van der Waals surface area contributed by atoms with E-state index in [1.807, 2.05) is 48.2 Å². The molecular weight excluding hydrogens is 352 g/mol. The largest absolute Gasteiger partial charge is 0.445 e. The molecule has 2 fully saturated rings. The smallest absolute Gasteiger partial charge is 0.410 e. The first-order valence-corrected chi connectivity index (χ1v) is 10.1. The standard InChI is InChI=1S/C23H26N2O3/c1-16-10-11-24-14-21(16)22(26)18-12-19-8-5-9-20(13-18)25(19)23(27)28-15-17-6-3-2-4-7-17/h2-4,6-7,10-11,14,18-20H,5,8-9,12-13,15H2,1H3. The van der Waals surface area contributed by atoms with Crippen molar-refractivity contribution in [2.45, 2.75) is 57.7 Å². The first kappa shape index (κ1) is 18.7. The van der Waals surface area contributed by atoms with Gasteiger partial charge in [0.25, 0.3) is 0 Å². The molecule has 28 heavy (non-hydrogen) atoms. The fourth-order valence-corrected chi connectivity index (χ4v) is 4.63. The van der Waals surface area contributed by atoms with Gasteiger partial charge < -0.3 is 9.64 Å². The Morgan fingerprint density at radius 3 is 2.50 bits per heavy atom. The van der Waals surface area contributed by atoms with Crippen molar-refractivity contribution < 1.29 is 14.3 Å². The molecule has 4 rings (SSSR count).